The molecule has 1 aromatic heterocycles. The quantitative estimate of drug-likeness (QED) is 0.391. The zero-order chi connectivity index (χ0) is 16.8. The summed E-state index contributed by atoms with van der Waals surface area (Å²) in [4.78, 5) is 4.31. The maximum absolute atomic E-state index is 10.9. The lowest BCUT2D eigenvalue weighted by atomic mass is 9.90. The number of rotatable bonds is 9. The fourth-order valence-corrected chi connectivity index (χ4v) is 3.03. The first-order valence-corrected chi connectivity index (χ1v) is 12.2. The molecular formula is C16H28BrNO3Si. The maximum Gasteiger partial charge on any atom is 0.147 e. The van der Waals surface area contributed by atoms with Crippen molar-refractivity contribution in [1.82, 2.24) is 4.98 Å². The van der Waals surface area contributed by atoms with Crippen molar-refractivity contribution in [3.8, 4) is 0 Å². The first kappa shape index (κ1) is 19.8. The van der Waals surface area contributed by atoms with E-state index in [2.05, 4.69) is 40.6 Å². The van der Waals surface area contributed by atoms with Crippen molar-refractivity contribution in [1.29, 1.82) is 0 Å². The molecule has 1 heterocycles. The van der Waals surface area contributed by atoms with E-state index >= 15 is 0 Å². The summed E-state index contributed by atoms with van der Waals surface area (Å²) >= 11 is 3.35. The minimum absolute atomic E-state index is 0.199. The average molecular weight is 390 g/mol. The minimum atomic E-state index is -1.11. The molecule has 0 amide bonds. The van der Waals surface area contributed by atoms with E-state index in [-0.39, 0.29) is 6.79 Å². The van der Waals surface area contributed by atoms with Gasteiger partial charge in [-0.1, -0.05) is 26.6 Å². The summed E-state index contributed by atoms with van der Waals surface area (Å²) in [5, 5.41) is 10.9. The van der Waals surface area contributed by atoms with Gasteiger partial charge >= 0.3 is 0 Å². The van der Waals surface area contributed by atoms with Gasteiger partial charge in [-0.05, 0) is 47.5 Å². The number of aromatic nitrogens is 1. The summed E-state index contributed by atoms with van der Waals surface area (Å²) in [5.41, 5.74) is -0.490. The number of aliphatic hydroxyl groups is 1. The van der Waals surface area contributed by atoms with Crippen molar-refractivity contribution in [2.45, 2.75) is 57.7 Å². The molecule has 0 radical (unpaired) electrons. The second-order valence-corrected chi connectivity index (χ2v) is 13.3. The summed E-state index contributed by atoms with van der Waals surface area (Å²) in [7, 11) is -1.08. The number of hydrogen-bond donors (Lipinski definition) is 1. The predicted octanol–water partition coefficient (Wildman–Crippen LogP) is 4.16. The Kier molecular flexibility index (Phi) is 7.68. The molecule has 4 nitrogen and oxygen atoms in total. The number of nitrogens with zero attached hydrogens (tertiary/aromatic N) is 1. The van der Waals surface area contributed by atoms with E-state index in [0.29, 0.717) is 18.7 Å². The molecule has 0 saturated heterocycles. The standard InChI is InChI=1S/C16H28BrNO3Si/c1-6-16(19,15-8-7-14(17)11-18-15)13(2)21-12-20-9-10-22(3,4)5/h7-8,11,13,19H,6,9-10,12H2,1-5H3/t13-,16?/m0/s1. The molecule has 2 atom stereocenters. The van der Waals surface area contributed by atoms with Crippen LogP contribution in [0.3, 0.4) is 0 Å². The Hall–Kier alpha value is -0.273. The monoisotopic (exact) mass is 389 g/mol. The van der Waals surface area contributed by atoms with Gasteiger partial charge in [0, 0.05) is 25.4 Å². The topological polar surface area (TPSA) is 51.6 Å². The summed E-state index contributed by atoms with van der Waals surface area (Å²) in [6.07, 6.45) is 1.82. The Morgan fingerprint density at radius 3 is 2.55 bits per heavy atom. The van der Waals surface area contributed by atoms with Gasteiger partial charge in [-0.3, -0.25) is 4.98 Å². The third kappa shape index (κ3) is 6.08. The molecule has 0 aliphatic heterocycles. The average Bonchev–Trinajstić information content (AvgIpc) is 2.45. The van der Waals surface area contributed by atoms with E-state index in [1.54, 1.807) is 6.20 Å². The minimum Gasteiger partial charge on any atom is -0.381 e. The first-order chi connectivity index (χ1) is 10.2. The molecule has 6 heteroatoms. The highest BCUT2D eigenvalue weighted by molar-refractivity contribution is 9.10. The third-order valence-electron chi connectivity index (χ3n) is 3.78. The van der Waals surface area contributed by atoms with Crippen LogP contribution in [0.25, 0.3) is 0 Å². The highest BCUT2D eigenvalue weighted by Gasteiger charge is 2.36. The van der Waals surface area contributed by atoms with Crippen molar-refractivity contribution in [3.05, 3.63) is 28.5 Å². The molecule has 0 aliphatic carbocycles. The van der Waals surface area contributed by atoms with Gasteiger partial charge in [-0.15, -0.1) is 0 Å². The molecule has 1 rings (SSSR count). The Balaban J connectivity index is 2.53. The second kappa shape index (κ2) is 8.54. The van der Waals surface area contributed by atoms with Gasteiger partial charge in [-0.2, -0.15) is 0 Å². The number of hydrogen-bond acceptors (Lipinski definition) is 4. The molecule has 1 N–H and O–H groups in total. The van der Waals surface area contributed by atoms with E-state index < -0.39 is 19.8 Å². The van der Waals surface area contributed by atoms with E-state index in [4.69, 9.17) is 9.47 Å². The van der Waals surface area contributed by atoms with Crippen LogP contribution in [-0.4, -0.2) is 37.7 Å². The van der Waals surface area contributed by atoms with Crippen LogP contribution in [0.15, 0.2) is 22.8 Å². The fourth-order valence-electron chi connectivity index (χ4n) is 2.03. The lowest BCUT2D eigenvalue weighted by Gasteiger charge is -2.32. The van der Waals surface area contributed by atoms with Gasteiger partial charge in [0.25, 0.3) is 0 Å². The van der Waals surface area contributed by atoms with Crippen LogP contribution in [0.1, 0.15) is 26.0 Å². The highest BCUT2D eigenvalue weighted by atomic mass is 79.9. The molecule has 0 aromatic carbocycles. The zero-order valence-corrected chi connectivity index (χ0v) is 16.8. The summed E-state index contributed by atoms with van der Waals surface area (Å²) in [6, 6.07) is 4.80. The molecule has 22 heavy (non-hydrogen) atoms. The van der Waals surface area contributed by atoms with Crippen LogP contribution in [0.2, 0.25) is 25.7 Å². The van der Waals surface area contributed by atoms with Gasteiger partial charge in [-0.25, -0.2) is 0 Å². The first-order valence-electron chi connectivity index (χ1n) is 7.73. The van der Waals surface area contributed by atoms with Gasteiger partial charge in [0.1, 0.15) is 12.4 Å². The molecule has 0 fully saturated rings. The fraction of sp³-hybridized carbons (Fsp3) is 0.688. The largest absolute Gasteiger partial charge is 0.381 e. The molecule has 0 spiro atoms. The Morgan fingerprint density at radius 2 is 2.05 bits per heavy atom. The van der Waals surface area contributed by atoms with Crippen LogP contribution in [-0.2, 0) is 15.1 Å². The van der Waals surface area contributed by atoms with E-state index in [0.717, 1.165) is 10.5 Å². The summed E-state index contributed by atoms with van der Waals surface area (Å²) in [6.45, 7) is 11.6. The van der Waals surface area contributed by atoms with Crippen molar-refractivity contribution in [2.24, 2.45) is 0 Å². The predicted molar refractivity (Wildman–Crippen MR) is 95.6 cm³/mol. The van der Waals surface area contributed by atoms with Crippen LogP contribution < -0.4 is 0 Å². The lowest BCUT2D eigenvalue weighted by Crippen LogP contribution is -2.40. The SMILES string of the molecule is CCC(O)(c1ccc(Br)cn1)[C@H](C)OCOCC[Si](C)(C)C. The number of pyridine rings is 1. The van der Waals surface area contributed by atoms with Crippen LogP contribution in [0.5, 0.6) is 0 Å². The van der Waals surface area contributed by atoms with Crippen LogP contribution >= 0.6 is 15.9 Å². The van der Waals surface area contributed by atoms with E-state index in [1.165, 1.54) is 0 Å². The molecule has 0 aliphatic rings. The molecule has 1 aromatic rings. The Morgan fingerprint density at radius 1 is 1.36 bits per heavy atom. The van der Waals surface area contributed by atoms with Gasteiger partial charge in [0.05, 0.1) is 11.8 Å². The lowest BCUT2D eigenvalue weighted by molar-refractivity contribution is -0.161. The molecule has 0 bridgehead atoms. The van der Waals surface area contributed by atoms with Gasteiger partial charge in [0.2, 0.25) is 0 Å². The van der Waals surface area contributed by atoms with Crippen molar-refractivity contribution in [2.75, 3.05) is 13.4 Å². The normalized spacial score (nSPS) is 16.3. The Bertz CT molecular complexity index is 450. The second-order valence-electron chi connectivity index (χ2n) is 6.79. The van der Waals surface area contributed by atoms with Crippen molar-refractivity contribution in [3.63, 3.8) is 0 Å². The van der Waals surface area contributed by atoms with Crippen LogP contribution in [0.4, 0.5) is 0 Å². The summed E-state index contributed by atoms with van der Waals surface area (Å²) in [5.74, 6) is 0. The number of halogens is 1. The zero-order valence-electron chi connectivity index (χ0n) is 14.2. The van der Waals surface area contributed by atoms with E-state index in [1.807, 2.05) is 26.0 Å². The Labute approximate surface area is 143 Å². The van der Waals surface area contributed by atoms with Crippen molar-refractivity contribution >= 4 is 24.0 Å². The molecule has 0 saturated carbocycles. The molecular weight excluding hydrogens is 362 g/mol. The van der Waals surface area contributed by atoms with Crippen LogP contribution in [0, 0.1) is 0 Å². The van der Waals surface area contributed by atoms with E-state index in [9.17, 15) is 5.11 Å². The number of ether oxygens (including phenoxy) is 2. The molecule has 126 valence electrons. The third-order valence-corrected chi connectivity index (χ3v) is 5.95. The van der Waals surface area contributed by atoms with Gasteiger partial charge in [0.15, 0.2) is 0 Å². The van der Waals surface area contributed by atoms with Gasteiger partial charge < -0.3 is 14.6 Å². The maximum atomic E-state index is 10.9. The van der Waals surface area contributed by atoms with Crippen molar-refractivity contribution < 1.29 is 14.6 Å². The smallest absolute Gasteiger partial charge is 0.147 e. The molecule has 1 unspecified atom stereocenters. The highest BCUT2D eigenvalue weighted by Crippen LogP contribution is 2.29. The summed E-state index contributed by atoms with van der Waals surface area (Å²) < 4.78 is 12.1.